The van der Waals surface area contributed by atoms with Crippen LogP contribution in [0.5, 0.6) is 0 Å². The summed E-state index contributed by atoms with van der Waals surface area (Å²) in [6.07, 6.45) is 2.08. The van der Waals surface area contributed by atoms with Crippen molar-refractivity contribution in [2.45, 2.75) is 38.8 Å². The molecular formula is C20H30ClN3O3. The fourth-order valence-electron chi connectivity index (χ4n) is 3.67. The maximum atomic E-state index is 12.5. The Morgan fingerprint density at radius 1 is 1.11 bits per heavy atom. The first-order valence-corrected chi connectivity index (χ1v) is 9.58. The van der Waals surface area contributed by atoms with Gasteiger partial charge in [0.1, 0.15) is 6.61 Å². The topological polar surface area (TPSA) is 61.9 Å². The zero-order valence-electron chi connectivity index (χ0n) is 15.9. The molecule has 0 aromatic heterocycles. The molecule has 2 fully saturated rings. The third-order valence-electron chi connectivity index (χ3n) is 5.26. The highest BCUT2D eigenvalue weighted by Crippen LogP contribution is 2.22. The van der Waals surface area contributed by atoms with E-state index in [1.807, 2.05) is 35.2 Å². The van der Waals surface area contributed by atoms with Crippen LogP contribution in [0.25, 0.3) is 0 Å². The van der Waals surface area contributed by atoms with Crippen LogP contribution in [0.2, 0.25) is 0 Å². The molecule has 2 heterocycles. The lowest BCUT2D eigenvalue weighted by molar-refractivity contribution is -0.133. The van der Waals surface area contributed by atoms with Crippen molar-refractivity contribution in [3.8, 4) is 0 Å². The number of nitrogens with one attached hydrogen (secondary N) is 1. The molecule has 0 saturated carbocycles. The second-order valence-corrected chi connectivity index (χ2v) is 7.37. The van der Waals surface area contributed by atoms with E-state index in [9.17, 15) is 9.59 Å². The van der Waals surface area contributed by atoms with Crippen LogP contribution in [0.4, 0.5) is 4.79 Å². The number of hydrogen-bond acceptors (Lipinski definition) is 4. The summed E-state index contributed by atoms with van der Waals surface area (Å²) >= 11 is 0. The summed E-state index contributed by atoms with van der Waals surface area (Å²) in [5.41, 5.74) is 0.992. The first-order valence-electron chi connectivity index (χ1n) is 9.58. The predicted molar refractivity (Wildman–Crippen MR) is 107 cm³/mol. The lowest BCUT2D eigenvalue weighted by atomic mass is 9.93. The Hall–Kier alpha value is -1.79. The number of carbonyl (C=O) groups excluding carboxylic acids is 2. The number of piperazine rings is 1. The van der Waals surface area contributed by atoms with Gasteiger partial charge in [0.25, 0.3) is 0 Å². The van der Waals surface area contributed by atoms with E-state index in [1.165, 1.54) is 0 Å². The van der Waals surface area contributed by atoms with Crippen LogP contribution >= 0.6 is 12.4 Å². The Labute approximate surface area is 167 Å². The van der Waals surface area contributed by atoms with E-state index in [2.05, 4.69) is 12.2 Å². The summed E-state index contributed by atoms with van der Waals surface area (Å²) < 4.78 is 5.40. The van der Waals surface area contributed by atoms with E-state index >= 15 is 0 Å². The van der Waals surface area contributed by atoms with Crippen LogP contribution in [-0.2, 0) is 16.1 Å². The molecule has 1 atom stereocenters. The molecule has 7 heteroatoms. The molecule has 0 radical (unpaired) electrons. The van der Waals surface area contributed by atoms with Gasteiger partial charge >= 0.3 is 6.09 Å². The number of nitrogens with zero attached hydrogens (tertiary/aromatic N) is 2. The number of rotatable bonds is 4. The number of amides is 2. The van der Waals surface area contributed by atoms with Gasteiger partial charge in [0.15, 0.2) is 0 Å². The molecule has 1 aromatic carbocycles. The molecule has 3 rings (SSSR count). The Bertz CT molecular complexity index is 606. The van der Waals surface area contributed by atoms with E-state index in [0.29, 0.717) is 38.1 Å². The SMILES string of the molecule is CC1CN(C(=O)CC2CCN(C(=O)OCc3ccccc3)CC2)CCN1.Cl. The maximum absolute atomic E-state index is 12.5. The molecule has 6 nitrogen and oxygen atoms in total. The standard InChI is InChI=1S/C20H29N3O3.ClH/c1-16-14-23(12-9-21-16)19(24)13-17-7-10-22(11-8-17)20(25)26-15-18-5-3-2-4-6-18;/h2-6,16-17,21H,7-15H2,1H3;1H. The van der Waals surface area contributed by atoms with Gasteiger partial charge in [-0.05, 0) is 31.2 Å². The summed E-state index contributed by atoms with van der Waals surface area (Å²) in [5, 5.41) is 3.36. The van der Waals surface area contributed by atoms with Gasteiger partial charge in [-0.1, -0.05) is 30.3 Å². The van der Waals surface area contributed by atoms with E-state index in [1.54, 1.807) is 4.90 Å². The minimum absolute atomic E-state index is 0. The monoisotopic (exact) mass is 395 g/mol. The zero-order valence-corrected chi connectivity index (χ0v) is 16.7. The highest BCUT2D eigenvalue weighted by Gasteiger charge is 2.28. The van der Waals surface area contributed by atoms with Gasteiger partial charge < -0.3 is 19.9 Å². The maximum Gasteiger partial charge on any atom is 0.410 e. The second-order valence-electron chi connectivity index (χ2n) is 7.37. The number of hydrogen-bond donors (Lipinski definition) is 1. The van der Waals surface area contributed by atoms with Crippen LogP contribution < -0.4 is 5.32 Å². The molecule has 0 aliphatic carbocycles. The lowest BCUT2D eigenvalue weighted by Crippen LogP contribution is -2.51. The Morgan fingerprint density at radius 2 is 1.81 bits per heavy atom. The summed E-state index contributed by atoms with van der Waals surface area (Å²) in [5.74, 6) is 0.620. The summed E-state index contributed by atoms with van der Waals surface area (Å²) in [6, 6.07) is 10.1. The van der Waals surface area contributed by atoms with Crippen molar-refractivity contribution in [3.63, 3.8) is 0 Å². The quantitative estimate of drug-likeness (QED) is 0.851. The number of carbonyl (C=O) groups is 2. The predicted octanol–water partition coefficient (Wildman–Crippen LogP) is 2.67. The molecular weight excluding hydrogens is 366 g/mol. The van der Waals surface area contributed by atoms with Gasteiger partial charge in [-0.3, -0.25) is 4.79 Å². The molecule has 2 saturated heterocycles. The number of piperidine rings is 1. The molecule has 0 spiro atoms. The van der Waals surface area contributed by atoms with Crippen LogP contribution in [0.1, 0.15) is 31.7 Å². The van der Waals surface area contributed by atoms with E-state index in [0.717, 1.165) is 38.0 Å². The van der Waals surface area contributed by atoms with Crippen molar-refractivity contribution >= 4 is 24.4 Å². The first-order chi connectivity index (χ1) is 12.6. The highest BCUT2D eigenvalue weighted by molar-refractivity contribution is 5.85. The van der Waals surface area contributed by atoms with Crippen molar-refractivity contribution in [3.05, 3.63) is 35.9 Å². The summed E-state index contributed by atoms with van der Waals surface area (Å²) in [7, 11) is 0. The number of likely N-dealkylation sites (tertiary alicyclic amines) is 1. The van der Waals surface area contributed by atoms with E-state index in [4.69, 9.17) is 4.74 Å². The van der Waals surface area contributed by atoms with Crippen molar-refractivity contribution in [2.24, 2.45) is 5.92 Å². The zero-order chi connectivity index (χ0) is 18.4. The normalized spacial score (nSPS) is 20.7. The number of ether oxygens (including phenoxy) is 1. The molecule has 2 amide bonds. The summed E-state index contributed by atoms with van der Waals surface area (Å²) in [4.78, 5) is 28.4. The molecule has 1 unspecified atom stereocenters. The van der Waals surface area contributed by atoms with Gasteiger partial charge in [0, 0.05) is 45.2 Å². The fraction of sp³-hybridized carbons (Fsp3) is 0.600. The van der Waals surface area contributed by atoms with Gasteiger partial charge in [0.2, 0.25) is 5.91 Å². The Kier molecular flexibility index (Phi) is 8.38. The Balaban J connectivity index is 0.00000261. The third-order valence-corrected chi connectivity index (χ3v) is 5.26. The van der Waals surface area contributed by atoms with Crippen LogP contribution in [0.15, 0.2) is 30.3 Å². The van der Waals surface area contributed by atoms with E-state index < -0.39 is 0 Å². The van der Waals surface area contributed by atoms with Crippen molar-refractivity contribution in [1.82, 2.24) is 15.1 Å². The van der Waals surface area contributed by atoms with Crippen LogP contribution in [-0.4, -0.2) is 60.6 Å². The largest absolute Gasteiger partial charge is 0.445 e. The molecule has 0 bridgehead atoms. The van der Waals surface area contributed by atoms with E-state index in [-0.39, 0.29) is 24.4 Å². The highest BCUT2D eigenvalue weighted by atomic mass is 35.5. The average Bonchev–Trinajstić information content (AvgIpc) is 2.67. The lowest BCUT2D eigenvalue weighted by Gasteiger charge is -2.35. The van der Waals surface area contributed by atoms with Crippen LogP contribution in [0, 0.1) is 5.92 Å². The van der Waals surface area contributed by atoms with Gasteiger partial charge in [-0.15, -0.1) is 12.4 Å². The number of halogens is 1. The molecule has 27 heavy (non-hydrogen) atoms. The molecule has 2 aliphatic rings. The van der Waals surface area contributed by atoms with Gasteiger partial charge in [-0.25, -0.2) is 4.79 Å². The average molecular weight is 396 g/mol. The van der Waals surface area contributed by atoms with Crippen molar-refractivity contribution in [1.29, 1.82) is 0 Å². The minimum atomic E-state index is -0.255. The van der Waals surface area contributed by atoms with Gasteiger partial charge in [0.05, 0.1) is 0 Å². The first kappa shape index (κ1) is 21.5. The second kappa shape index (κ2) is 10.5. The van der Waals surface area contributed by atoms with Crippen molar-refractivity contribution < 1.29 is 14.3 Å². The third kappa shape index (κ3) is 6.40. The molecule has 2 aliphatic heterocycles. The molecule has 1 aromatic rings. The smallest absolute Gasteiger partial charge is 0.410 e. The van der Waals surface area contributed by atoms with Crippen LogP contribution in [0.3, 0.4) is 0 Å². The molecule has 1 N–H and O–H groups in total. The minimum Gasteiger partial charge on any atom is -0.445 e. The molecule has 150 valence electrons. The summed E-state index contributed by atoms with van der Waals surface area (Å²) in [6.45, 7) is 6.22. The van der Waals surface area contributed by atoms with Crippen molar-refractivity contribution in [2.75, 3.05) is 32.7 Å². The fourth-order valence-corrected chi connectivity index (χ4v) is 3.67. The van der Waals surface area contributed by atoms with Gasteiger partial charge in [-0.2, -0.15) is 0 Å². The number of benzene rings is 1. The Morgan fingerprint density at radius 3 is 2.48 bits per heavy atom.